The molecule has 0 unspecified atom stereocenters. The van der Waals surface area contributed by atoms with E-state index in [1.54, 1.807) is 25.3 Å². The van der Waals surface area contributed by atoms with Gasteiger partial charge in [-0.3, -0.25) is 14.9 Å². The Morgan fingerprint density at radius 3 is 2.50 bits per heavy atom. The van der Waals surface area contributed by atoms with Crippen molar-refractivity contribution in [2.75, 3.05) is 7.11 Å². The lowest BCUT2D eigenvalue weighted by molar-refractivity contribution is -0.384. The predicted molar refractivity (Wildman–Crippen MR) is 111 cm³/mol. The summed E-state index contributed by atoms with van der Waals surface area (Å²) < 4.78 is 5.47. The number of methoxy groups -OCH3 is 1. The first-order valence-electron chi connectivity index (χ1n) is 9.14. The summed E-state index contributed by atoms with van der Waals surface area (Å²) >= 11 is 0. The lowest BCUT2D eigenvalue weighted by atomic mass is 9.93. The Kier molecular flexibility index (Phi) is 6.93. The van der Waals surface area contributed by atoms with E-state index in [9.17, 15) is 14.9 Å². The van der Waals surface area contributed by atoms with Gasteiger partial charge in [0.2, 0.25) is 5.91 Å². The first kappa shape index (κ1) is 21.2. The number of benzene rings is 2. The van der Waals surface area contributed by atoms with E-state index in [4.69, 9.17) is 4.74 Å². The van der Waals surface area contributed by atoms with E-state index in [0.29, 0.717) is 11.5 Å². The summed E-state index contributed by atoms with van der Waals surface area (Å²) in [6.07, 6.45) is 2.95. The standard InChI is InChI=1S/C22H26N2O4/c1-14(2)19-13-20(15(3)11-21(19)28-5)16(4)23-22(25)10-9-17-7-6-8-18(12-17)24(26)27/h6-14,16H,1-5H3,(H,23,25)/b10-9+/t16-/m1/s1. The van der Waals surface area contributed by atoms with Gasteiger partial charge in [-0.15, -0.1) is 0 Å². The van der Waals surface area contributed by atoms with E-state index in [2.05, 4.69) is 25.2 Å². The summed E-state index contributed by atoms with van der Waals surface area (Å²) in [4.78, 5) is 22.7. The number of rotatable bonds is 7. The molecule has 0 radical (unpaired) electrons. The molecule has 2 rings (SSSR count). The second kappa shape index (κ2) is 9.17. The number of nitrogens with zero attached hydrogens (tertiary/aromatic N) is 1. The van der Waals surface area contributed by atoms with Gasteiger partial charge in [-0.25, -0.2) is 0 Å². The zero-order valence-electron chi connectivity index (χ0n) is 16.9. The lowest BCUT2D eigenvalue weighted by Gasteiger charge is -2.20. The van der Waals surface area contributed by atoms with Crippen LogP contribution in [0.1, 0.15) is 55.0 Å². The molecule has 28 heavy (non-hydrogen) atoms. The SMILES string of the molecule is COc1cc(C)c([C@@H](C)NC(=O)/C=C/c2cccc([N+](=O)[O-])c2)cc1C(C)C. The maximum atomic E-state index is 12.3. The molecule has 0 aliphatic carbocycles. The Labute approximate surface area is 165 Å². The van der Waals surface area contributed by atoms with E-state index in [1.807, 2.05) is 19.9 Å². The number of nitro groups is 1. The number of hydrogen-bond acceptors (Lipinski definition) is 4. The average Bonchev–Trinajstić information content (AvgIpc) is 2.65. The van der Waals surface area contributed by atoms with Crippen molar-refractivity contribution in [3.63, 3.8) is 0 Å². The van der Waals surface area contributed by atoms with Gasteiger partial charge in [-0.1, -0.05) is 26.0 Å². The fourth-order valence-electron chi connectivity index (χ4n) is 3.06. The maximum Gasteiger partial charge on any atom is 0.270 e. The number of ether oxygens (including phenoxy) is 1. The van der Waals surface area contributed by atoms with Gasteiger partial charge >= 0.3 is 0 Å². The molecule has 0 saturated carbocycles. The number of aryl methyl sites for hydroxylation is 1. The van der Waals surface area contributed by atoms with Crippen LogP contribution in [0.4, 0.5) is 5.69 Å². The first-order chi connectivity index (χ1) is 13.2. The highest BCUT2D eigenvalue weighted by Crippen LogP contribution is 2.32. The van der Waals surface area contributed by atoms with Crippen LogP contribution in [-0.2, 0) is 4.79 Å². The van der Waals surface area contributed by atoms with Crippen LogP contribution in [0.5, 0.6) is 5.75 Å². The van der Waals surface area contributed by atoms with Gasteiger partial charge in [0.15, 0.2) is 0 Å². The Hall–Kier alpha value is -3.15. The number of nitro benzene ring substituents is 1. The molecule has 6 heteroatoms. The van der Waals surface area contributed by atoms with E-state index in [0.717, 1.165) is 22.4 Å². The summed E-state index contributed by atoms with van der Waals surface area (Å²) in [5.74, 6) is 0.881. The molecule has 0 aliphatic rings. The van der Waals surface area contributed by atoms with Gasteiger partial charge in [-0.2, -0.15) is 0 Å². The van der Waals surface area contributed by atoms with Crippen LogP contribution in [0.2, 0.25) is 0 Å². The van der Waals surface area contributed by atoms with Crippen molar-refractivity contribution >= 4 is 17.7 Å². The molecule has 2 aromatic rings. The molecule has 0 aliphatic heterocycles. The van der Waals surface area contributed by atoms with Crippen LogP contribution in [0.15, 0.2) is 42.5 Å². The minimum Gasteiger partial charge on any atom is -0.496 e. The number of carbonyl (C=O) groups excluding carboxylic acids is 1. The molecule has 0 spiro atoms. The number of hydrogen-bond donors (Lipinski definition) is 1. The van der Waals surface area contributed by atoms with Gasteiger partial charge in [0.1, 0.15) is 5.75 Å². The minimum absolute atomic E-state index is 0.00833. The Balaban J connectivity index is 2.15. The summed E-state index contributed by atoms with van der Waals surface area (Å²) in [7, 11) is 1.66. The molecule has 0 fully saturated rings. The zero-order chi connectivity index (χ0) is 20.8. The van der Waals surface area contributed by atoms with Crippen LogP contribution in [0, 0.1) is 17.0 Å². The van der Waals surface area contributed by atoms with Crippen molar-refractivity contribution in [1.82, 2.24) is 5.32 Å². The normalized spacial score (nSPS) is 12.2. The molecule has 1 atom stereocenters. The summed E-state index contributed by atoms with van der Waals surface area (Å²) in [6.45, 7) is 8.12. The molecular weight excluding hydrogens is 356 g/mol. The molecule has 0 bridgehead atoms. The number of non-ortho nitro benzene ring substituents is 1. The van der Waals surface area contributed by atoms with Gasteiger partial charge in [-0.05, 0) is 60.2 Å². The van der Waals surface area contributed by atoms with Crippen molar-refractivity contribution in [3.05, 3.63) is 74.8 Å². The second-order valence-corrected chi connectivity index (χ2v) is 7.02. The molecule has 148 valence electrons. The van der Waals surface area contributed by atoms with Crippen molar-refractivity contribution in [3.8, 4) is 5.75 Å². The molecule has 2 aromatic carbocycles. The van der Waals surface area contributed by atoms with Crippen molar-refractivity contribution < 1.29 is 14.5 Å². The second-order valence-electron chi connectivity index (χ2n) is 7.02. The highest BCUT2D eigenvalue weighted by Gasteiger charge is 2.16. The highest BCUT2D eigenvalue weighted by atomic mass is 16.6. The van der Waals surface area contributed by atoms with Crippen molar-refractivity contribution in [1.29, 1.82) is 0 Å². The van der Waals surface area contributed by atoms with Crippen LogP contribution < -0.4 is 10.1 Å². The van der Waals surface area contributed by atoms with Crippen molar-refractivity contribution in [2.24, 2.45) is 0 Å². The quantitative estimate of drug-likeness (QED) is 0.418. The fraction of sp³-hybridized carbons (Fsp3) is 0.318. The minimum atomic E-state index is -0.460. The molecular formula is C22H26N2O4. The first-order valence-corrected chi connectivity index (χ1v) is 9.14. The van der Waals surface area contributed by atoms with E-state index in [-0.39, 0.29) is 17.6 Å². The number of amides is 1. The monoisotopic (exact) mass is 382 g/mol. The topological polar surface area (TPSA) is 81.5 Å². The average molecular weight is 382 g/mol. The van der Waals surface area contributed by atoms with E-state index >= 15 is 0 Å². The van der Waals surface area contributed by atoms with Crippen LogP contribution in [0.25, 0.3) is 6.08 Å². The third-order valence-electron chi connectivity index (χ3n) is 4.57. The van der Waals surface area contributed by atoms with Gasteiger partial charge in [0.05, 0.1) is 18.1 Å². The smallest absolute Gasteiger partial charge is 0.270 e. The third kappa shape index (κ3) is 5.19. The Bertz CT molecular complexity index is 903. The molecule has 0 heterocycles. The lowest BCUT2D eigenvalue weighted by Crippen LogP contribution is -2.25. The Morgan fingerprint density at radius 1 is 1.18 bits per heavy atom. The van der Waals surface area contributed by atoms with E-state index < -0.39 is 4.92 Å². The summed E-state index contributed by atoms with van der Waals surface area (Å²) in [6, 6.07) is 10.0. The summed E-state index contributed by atoms with van der Waals surface area (Å²) in [5, 5.41) is 13.8. The molecule has 0 aromatic heterocycles. The highest BCUT2D eigenvalue weighted by molar-refractivity contribution is 5.92. The number of carbonyl (C=O) groups is 1. The molecule has 6 nitrogen and oxygen atoms in total. The molecule has 1 amide bonds. The van der Waals surface area contributed by atoms with Gasteiger partial charge in [0, 0.05) is 18.2 Å². The van der Waals surface area contributed by atoms with Crippen LogP contribution in [-0.4, -0.2) is 17.9 Å². The Morgan fingerprint density at radius 2 is 1.89 bits per heavy atom. The molecule has 1 N–H and O–H groups in total. The van der Waals surface area contributed by atoms with Gasteiger partial charge < -0.3 is 10.1 Å². The predicted octanol–water partition coefficient (Wildman–Crippen LogP) is 4.93. The summed E-state index contributed by atoms with van der Waals surface area (Å²) in [5.41, 5.74) is 3.75. The molecule has 0 saturated heterocycles. The fourth-order valence-corrected chi connectivity index (χ4v) is 3.06. The third-order valence-corrected chi connectivity index (χ3v) is 4.57. The zero-order valence-corrected chi connectivity index (χ0v) is 16.9. The number of nitrogens with one attached hydrogen (secondary N) is 1. The van der Waals surface area contributed by atoms with Crippen LogP contribution in [0.3, 0.4) is 0 Å². The van der Waals surface area contributed by atoms with Crippen molar-refractivity contribution in [2.45, 2.75) is 39.7 Å². The van der Waals surface area contributed by atoms with Gasteiger partial charge in [0.25, 0.3) is 5.69 Å². The van der Waals surface area contributed by atoms with E-state index in [1.165, 1.54) is 18.2 Å². The maximum absolute atomic E-state index is 12.3. The largest absolute Gasteiger partial charge is 0.496 e. The van der Waals surface area contributed by atoms with Crippen LogP contribution >= 0.6 is 0 Å².